The first-order chi connectivity index (χ1) is 15.1. The number of phosphoric acid groups is 1. The van der Waals surface area contributed by atoms with E-state index in [1.165, 1.54) is 96.3 Å². The molecule has 0 aromatic rings. The zero-order valence-electron chi connectivity index (χ0n) is 20.8. The fraction of sp³-hybridized carbons (Fsp3) is 1.00. The molecule has 2 unspecified atom stereocenters. The first-order valence-electron chi connectivity index (χ1n) is 13.7. The summed E-state index contributed by atoms with van der Waals surface area (Å²) in [6, 6.07) is 0. The fourth-order valence-electron chi connectivity index (χ4n) is 4.68. The Morgan fingerprint density at radius 3 is 1.68 bits per heavy atom. The van der Waals surface area contributed by atoms with Crippen molar-refractivity contribution in [1.29, 1.82) is 0 Å². The molecule has 0 radical (unpaired) electrons. The zero-order chi connectivity index (χ0) is 22.6. The Balaban J connectivity index is 2.27. The number of unbranched alkanes of at least 4 members (excludes halogenated alkanes) is 12. The lowest BCUT2D eigenvalue weighted by Gasteiger charge is -2.25. The molecular formula is C26H53O4P. The Kier molecular flexibility index (Phi) is 18.4. The van der Waals surface area contributed by atoms with Crippen LogP contribution in [0.2, 0.25) is 0 Å². The molecule has 0 heterocycles. The van der Waals surface area contributed by atoms with E-state index < -0.39 is 7.82 Å². The van der Waals surface area contributed by atoms with E-state index in [9.17, 15) is 9.46 Å². The van der Waals surface area contributed by atoms with Crippen LogP contribution in [0.4, 0.5) is 0 Å². The van der Waals surface area contributed by atoms with Crippen molar-refractivity contribution >= 4 is 7.82 Å². The fourth-order valence-corrected chi connectivity index (χ4v) is 5.73. The van der Waals surface area contributed by atoms with Crippen LogP contribution in [0.25, 0.3) is 0 Å². The lowest BCUT2D eigenvalue weighted by atomic mass is 9.95. The van der Waals surface area contributed by atoms with Crippen LogP contribution in [0, 0.1) is 5.92 Å². The van der Waals surface area contributed by atoms with E-state index in [0.717, 1.165) is 38.5 Å². The molecule has 1 fully saturated rings. The Bertz CT molecular complexity index is 437. The van der Waals surface area contributed by atoms with Crippen molar-refractivity contribution in [3.05, 3.63) is 0 Å². The molecule has 31 heavy (non-hydrogen) atoms. The highest BCUT2D eigenvalue weighted by Crippen LogP contribution is 2.47. The van der Waals surface area contributed by atoms with E-state index in [0.29, 0.717) is 12.5 Å². The van der Waals surface area contributed by atoms with Crippen molar-refractivity contribution in [1.82, 2.24) is 0 Å². The molecule has 1 aliphatic rings. The summed E-state index contributed by atoms with van der Waals surface area (Å²) in [4.78, 5) is 10.2. The van der Waals surface area contributed by atoms with Crippen LogP contribution >= 0.6 is 7.82 Å². The molecule has 0 aliphatic heterocycles. The normalized spacial score (nSPS) is 18.2. The van der Waals surface area contributed by atoms with E-state index in [1.54, 1.807) is 0 Å². The molecular weight excluding hydrogens is 407 g/mol. The molecule has 1 aliphatic carbocycles. The van der Waals surface area contributed by atoms with Gasteiger partial charge in [0, 0.05) is 0 Å². The van der Waals surface area contributed by atoms with Crippen molar-refractivity contribution in [3.8, 4) is 0 Å². The van der Waals surface area contributed by atoms with E-state index in [4.69, 9.17) is 9.05 Å². The highest BCUT2D eigenvalue weighted by Gasteiger charge is 2.28. The third-order valence-corrected chi connectivity index (χ3v) is 7.78. The van der Waals surface area contributed by atoms with Crippen molar-refractivity contribution in [2.75, 3.05) is 6.61 Å². The molecule has 1 N–H and O–H groups in total. The van der Waals surface area contributed by atoms with Gasteiger partial charge in [0.2, 0.25) is 0 Å². The summed E-state index contributed by atoms with van der Waals surface area (Å²) in [7, 11) is -3.93. The second-order valence-corrected chi connectivity index (χ2v) is 11.2. The van der Waals surface area contributed by atoms with Gasteiger partial charge in [0.15, 0.2) is 0 Å². The van der Waals surface area contributed by atoms with Crippen molar-refractivity contribution < 1.29 is 18.5 Å². The average molecular weight is 461 g/mol. The van der Waals surface area contributed by atoms with Crippen LogP contribution < -0.4 is 0 Å². The third-order valence-electron chi connectivity index (χ3n) is 6.74. The molecule has 186 valence electrons. The maximum atomic E-state index is 12.4. The minimum Gasteiger partial charge on any atom is -0.302 e. The maximum absolute atomic E-state index is 12.4. The lowest BCUT2D eigenvalue weighted by molar-refractivity contribution is 0.0722. The summed E-state index contributed by atoms with van der Waals surface area (Å²) in [5.41, 5.74) is 0. The molecule has 0 aromatic heterocycles. The lowest BCUT2D eigenvalue weighted by Crippen LogP contribution is -2.17. The molecule has 5 heteroatoms. The Morgan fingerprint density at radius 2 is 1.19 bits per heavy atom. The van der Waals surface area contributed by atoms with Gasteiger partial charge in [0.25, 0.3) is 0 Å². The van der Waals surface area contributed by atoms with Gasteiger partial charge in [0.1, 0.15) is 0 Å². The number of hydrogen-bond acceptors (Lipinski definition) is 3. The quantitative estimate of drug-likeness (QED) is 0.137. The molecule has 0 amide bonds. The summed E-state index contributed by atoms with van der Waals surface area (Å²) in [5.74, 6) is 0.376. The summed E-state index contributed by atoms with van der Waals surface area (Å²) in [6.07, 6.45) is 25.5. The molecule has 2 atom stereocenters. The minimum absolute atomic E-state index is 0.102. The highest BCUT2D eigenvalue weighted by atomic mass is 31.2. The van der Waals surface area contributed by atoms with Gasteiger partial charge in [-0.3, -0.25) is 9.05 Å². The second-order valence-electron chi connectivity index (χ2n) is 9.82. The summed E-state index contributed by atoms with van der Waals surface area (Å²) >= 11 is 0. The Morgan fingerprint density at radius 1 is 0.742 bits per heavy atom. The van der Waals surface area contributed by atoms with Gasteiger partial charge in [-0.15, -0.1) is 0 Å². The first-order valence-corrected chi connectivity index (χ1v) is 15.2. The van der Waals surface area contributed by atoms with Gasteiger partial charge in [-0.2, -0.15) is 0 Å². The highest BCUT2D eigenvalue weighted by molar-refractivity contribution is 7.47. The van der Waals surface area contributed by atoms with Crippen molar-refractivity contribution in [3.63, 3.8) is 0 Å². The zero-order valence-corrected chi connectivity index (χ0v) is 21.7. The second kappa shape index (κ2) is 19.6. The van der Waals surface area contributed by atoms with Gasteiger partial charge >= 0.3 is 7.82 Å². The van der Waals surface area contributed by atoms with E-state index >= 15 is 0 Å². The standard InChI is InChI=1S/C26H53O4P/c1-3-5-7-9-10-11-12-14-17-21-25(20-16-13-8-6-4-2)24-29-31(27,28)30-26-22-18-15-19-23-26/h25-26H,3-24H2,1-2H3,(H,27,28). The smallest absolute Gasteiger partial charge is 0.302 e. The minimum atomic E-state index is -3.93. The van der Waals surface area contributed by atoms with Crippen LogP contribution in [-0.2, 0) is 13.6 Å². The number of hydrogen-bond donors (Lipinski definition) is 1. The number of rotatable bonds is 21. The van der Waals surface area contributed by atoms with Crippen LogP contribution in [0.1, 0.15) is 149 Å². The Labute approximate surface area is 193 Å². The van der Waals surface area contributed by atoms with Crippen molar-refractivity contribution in [2.45, 2.75) is 155 Å². The maximum Gasteiger partial charge on any atom is 0.472 e. The number of phosphoric ester groups is 1. The molecule has 0 aromatic carbocycles. The first kappa shape index (κ1) is 29.1. The summed E-state index contributed by atoms with van der Waals surface area (Å²) in [6.45, 7) is 4.87. The molecule has 0 bridgehead atoms. The Hall–Kier alpha value is 0.110. The van der Waals surface area contributed by atoms with Gasteiger partial charge in [0.05, 0.1) is 12.7 Å². The summed E-state index contributed by atoms with van der Waals surface area (Å²) in [5, 5.41) is 0. The predicted molar refractivity (Wildman–Crippen MR) is 132 cm³/mol. The molecule has 1 rings (SSSR count). The molecule has 0 spiro atoms. The monoisotopic (exact) mass is 460 g/mol. The molecule has 4 nitrogen and oxygen atoms in total. The van der Waals surface area contributed by atoms with Crippen LogP contribution in [0.3, 0.4) is 0 Å². The van der Waals surface area contributed by atoms with Gasteiger partial charge < -0.3 is 4.89 Å². The van der Waals surface area contributed by atoms with Crippen LogP contribution in [0.5, 0.6) is 0 Å². The summed E-state index contributed by atoms with van der Waals surface area (Å²) < 4.78 is 23.4. The average Bonchev–Trinajstić information content (AvgIpc) is 2.76. The van der Waals surface area contributed by atoms with Crippen molar-refractivity contribution in [2.24, 2.45) is 5.92 Å². The SMILES string of the molecule is CCCCCCCCCCCC(CCCCCCC)COP(=O)(O)OC1CCCCC1. The third kappa shape index (κ3) is 17.3. The largest absolute Gasteiger partial charge is 0.472 e. The molecule has 1 saturated carbocycles. The topological polar surface area (TPSA) is 55.8 Å². The van der Waals surface area contributed by atoms with E-state index in [2.05, 4.69) is 13.8 Å². The van der Waals surface area contributed by atoms with E-state index in [-0.39, 0.29) is 6.10 Å². The van der Waals surface area contributed by atoms with Gasteiger partial charge in [-0.25, -0.2) is 4.57 Å². The van der Waals surface area contributed by atoms with Crippen LogP contribution in [0.15, 0.2) is 0 Å². The van der Waals surface area contributed by atoms with Crippen LogP contribution in [-0.4, -0.2) is 17.6 Å². The molecule has 0 saturated heterocycles. The van der Waals surface area contributed by atoms with Gasteiger partial charge in [-0.05, 0) is 31.6 Å². The predicted octanol–water partition coefficient (Wildman–Crippen LogP) is 9.35. The van der Waals surface area contributed by atoms with Gasteiger partial charge in [-0.1, -0.05) is 123 Å². The van der Waals surface area contributed by atoms with E-state index in [1.807, 2.05) is 0 Å².